The van der Waals surface area contributed by atoms with Gasteiger partial charge in [-0.1, -0.05) is 11.4 Å². The maximum atomic E-state index is 11.4. The number of aromatic nitrogens is 3. The third kappa shape index (κ3) is 3.25. The van der Waals surface area contributed by atoms with Crippen LogP contribution in [0.2, 0.25) is 0 Å². The van der Waals surface area contributed by atoms with E-state index in [1.54, 1.807) is 11.6 Å². The van der Waals surface area contributed by atoms with Crippen LogP contribution >= 0.6 is 11.5 Å². The van der Waals surface area contributed by atoms with Crippen molar-refractivity contribution >= 4 is 23.4 Å². The molecule has 90 valence electrons. The number of oxazole rings is 1. The number of nitrogens with one attached hydrogen (secondary N) is 2. The number of amides is 2. The molecule has 2 heterocycles. The first-order valence-electron chi connectivity index (χ1n) is 5.03. The number of hydrogen-bond acceptors (Lipinski definition) is 6. The molecule has 8 heteroatoms. The molecular formula is C9H11N5O2S. The second-order valence-electron chi connectivity index (χ2n) is 3.17. The molecule has 0 spiro atoms. The molecule has 17 heavy (non-hydrogen) atoms. The van der Waals surface area contributed by atoms with Crippen molar-refractivity contribution in [3.63, 3.8) is 0 Å². The third-order valence-corrected chi connectivity index (χ3v) is 2.46. The highest BCUT2D eigenvalue weighted by molar-refractivity contribution is 7.03. The molecule has 0 unspecified atom stereocenters. The Morgan fingerprint density at radius 1 is 1.59 bits per heavy atom. The molecule has 0 saturated carbocycles. The zero-order chi connectivity index (χ0) is 12.1. The molecule has 2 amide bonds. The quantitative estimate of drug-likeness (QED) is 0.859. The fraction of sp³-hybridized carbons (Fsp3) is 0.333. The van der Waals surface area contributed by atoms with E-state index in [9.17, 15) is 4.79 Å². The summed E-state index contributed by atoms with van der Waals surface area (Å²) in [6.45, 7) is 2.21. The molecule has 0 saturated heterocycles. The van der Waals surface area contributed by atoms with Crippen LogP contribution in [0.5, 0.6) is 0 Å². The SMILES string of the molecule is CCc1cnc(CNC(=O)Nc2csnn2)o1. The number of urea groups is 1. The zero-order valence-corrected chi connectivity index (χ0v) is 9.95. The van der Waals surface area contributed by atoms with Crippen molar-refractivity contribution in [1.29, 1.82) is 0 Å². The van der Waals surface area contributed by atoms with Gasteiger partial charge in [-0.25, -0.2) is 9.78 Å². The summed E-state index contributed by atoms with van der Waals surface area (Å²) in [7, 11) is 0. The number of aryl methyl sites for hydroxylation is 1. The molecule has 0 atom stereocenters. The van der Waals surface area contributed by atoms with E-state index in [1.165, 1.54) is 11.5 Å². The Morgan fingerprint density at radius 3 is 3.12 bits per heavy atom. The third-order valence-electron chi connectivity index (χ3n) is 1.95. The van der Waals surface area contributed by atoms with Gasteiger partial charge in [-0.15, -0.1) is 5.10 Å². The van der Waals surface area contributed by atoms with Crippen molar-refractivity contribution < 1.29 is 9.21 Å². The number of nitrogens with zero attached hydrogens (tertiary/aromatic N) is 3. The summed E-state index contributed by atoms with van der Waals surface area (Å²) in [6.07, 6.45) is 2.43. The smallest absolute Gasteiger partial charge is 0.320 e. The monoisotopic (exact) mass is 253 g/mol. The van der Waals surface area contributed by atoms with Gasteiger partial charge in [-0.2, -0.15) is 0 Å². The Kier molecular flexibility index (Phi) is 3.66. The van der Waals surface area contributed by atoms with Crippen LogP contribution in [0.1, 0.15) is 18.6 Å². The highest BCUT2D eigenvalue weighted by Gasteiger charge is 2.06. The summed E-state index contributed by atoms with van der Waals surface area (Å²) >= 11 is 1.17. The van der Waals surface area contributed by atoms with E-state index in [0.29, 0.717) is 11.7 Å². The Balaban J connectivity index is 1.79. The molecule has 2 rings (SSSR count). The largest absolute Gasteiger partial charge is 0.444 e. The highest BCUT2D eigenvalue weighted by Crippen LogP contribution is 2.05. The van der Waals surface area contributed by atoms with E-state index in [-0.39, 0.29) is 12.6 Å². The summed E-state index contributed by atoms with van der Waals surface area (Å²) in [4.78, 5) is 15.4. The van der Waals surface area contributed by atoms with Crippen LogP contribution in [0.3, 0.4) is 0 Å². The lowest BCUT2D eigenvalue weighted by Gasteiger charge is -2.02. The first-order valence-corrected chi connectivity index (χ1v) is 5.87. The number of carbonyl (C=O) groups is 1. The van der Waals surface area contributed by atoms with Gasteiger partial charge in [-0.05, 0) is 11.5 Å². The first kappa shape index (κ1) is 11.5. The van der Waals surface area contributed by atoms with Crippen molar-refractivity contribution in [1.82, 2.24) is 19.9 Å². The Bertz CT molecular complexity index is 481. The van der Waals surface area contributed by atoms with Crippen molar-refractivity contribution in [3.8, 4) is 0 Å². The molecule has 0 aliphatic rings. The van der Waals surface area contributed by atoms with Crippen molar-refractivity contribution in [2.45, 2.75) is 19.9 Å². The normalized spacial score (nSPS) is 10.2. The van der Waals surface area contributed by atoms with E-state index < -0.39 is 0 Å². The van der Waals surface area contributed by atoms with E-state index in [0.717, 1.165) is 12.2 Å². The maximum Gasteiger partial charge on any atom is 0.320 e. The average Bonchev–Trinajstić information content (AvgIpc) is 2.96. The Labute approximate surface area is 101 Å². The number of rotatable bonds is 4. The topological polar surface area (TPSA) is 92.9 Å². The summed E-state index contributed by atoms with van der Waals surface area (Å²) in [6, 6.07) is -0.367. The van der Waals surface area contributed by atoms with Gasteiger partial charge in [0.2, 0.25) is 5.89 Å². The predicted octanol–water partition coefficient (Wildman–Crippen LogP) is 1.41. The van der Waals surface area contributed by atoms with Crippen molar-refractivity contribution in [2.24, 2.45) is 0 Å². The summed E-state index contributed by atoms with van der Waals surface area (Å²) in [5.74, 6) is 1.70. The van der Waals surface area contributed by atoms with Gasteiger partial charge in [0.05, 0.1) is 18.1 Å². The van der Waals surface area contributed by atoms with Gasteiger partial charge in [0, 0.05) is 6.42 Å². The highest BCUT2D eigenvalue weighted by atomic mass is 32.1. The van der Waals surface area contributed by atoms with Gasteiger partial charge < -0.3 is 9.73 Å². The van der Waals surface area contributed by atoms with Gasteiger partial charge in [0.1, 0.15) is 5.76 Å². The molecule has 0 radical (unpaired) electrons. The van der Waals surface area contributed by atoms with Crippen LogP contribution in [-0.4, -0.2) is 20.6 Å². The standard InChI is InChI=1S/C9H11N5O2S/c1-2-6-3-10-8(16-6)4-11-9(15)12-7-5-17-14-13-7/h3,5H,2,4H2,1H3,(H2,11,12,15). The second kappa shape index (κ2) is 5.39. The van der Waals surface area contributed by atoms with Crippen LogP contribution in [-0.2, 0) is 13.0 Å². The lowest BCUT2D eigenvalue weighted by atomic mass is 10.4. The van der Waals surface area contributed by atoms with Crippen LogP contribution in [0.4, 0.5) is 10.6 Å². The second-order valence-corrected chi connectivity index (χ2v) is 3.78. The molecule has 2 aromatic heterocycles. The molecule has 0 fully saturated rings. The fourth-order valence-electron chi connectivity index (χ4n) is 1.13. The fourth-order valence-corrected chi connectivity index (χ4v) is 1.52. The summed E-state index contributed by atoms with van der Waals surface area (Å²) in [5.41, 5.74) is 0. The van der Waals surface area contributed by atoms with Crippen molar-refractivity contribution in [2.75, 3.05) is 5.32 Å². The maximum absolute atomic E-state index is 11.4. The van der Waals surface area contributed by atoms with Gasteiger partial charge in [0.25, 0.3) is 0 Å². The van der Waals surface area contributed by atoms with E-state index >= 15 is 0 Å². The summed E-state index contributed by atoms with van der Waals surface area (Å²) < 4.78 is 8.97. The van der Waals surface area contributed by atoms with E-state index in [1.807, 2.05) is 6.92 Å². The first-order chi connectivity index (χ1) is 8.28. The Morgan fingerprint density at radius 2 is 2.47 bits per heavy atom. The average molecular weight is 253 g/mol. The molecule has 7 nitrogen and oxygen atoms in total. The lowest BCUT2D eigenvalue weighted by molar-refractivity contribution is 0.250. The molecule has 2 N–H and O–H groups in total. The minimum atomic E-state index is -0.367. The number of carbonyl (C=O) groups excluding carboxylic acids is 1. The minimum Gasteiger partial charge on any atom is -0.444 e. The molecule has 0 bridgehead atoms. The van der Waals surface area contributed by atoms with Crippen LogP contribution in [0.25, 0.3) is 0 Å². The van der Waals surface area contributed by atoms with Crippen LogP contribution in [0, 0.1) is 0 Å². The number of anilines is 1. The zero-order valence-electron chi connectivity index (χ0n) is 9.14. The predicted molar refractivity (Wildman–Crippen MR) is 61.6 cm³/mol. The Hall–Kier alpha value is -1.96. The van der Waals surface area contributed by atoms with Gasteiger partial charge in [-0.3, -0.25) is 5.32 Å². The minimum absolute atomic E-state index is 0.239. The van der Waals surface area contributed by atoms with Gasteiger partial charge >= 0.3 is 6.03 Å². The van der Waals surface area contributed by atoms with E-state index in [2.05, 4.69) is 25.2 Å². The van der Waals surface area contributed by atoms with Crippen LogP contribution < -0.4 is 10.6 Å². The van der Waals surface area contributed by atoms with Crippen LogP contribution in [0.15, 0.2) is 16.0 Å². The molecule has 0 aliphatic heterocycles. The van der Waals surface area contributed by atoms with Gasteiger partial charge in [0.15, 0.2) is 5.82 Å². The molecule has 2 aromatic rings. The molecule has 0 aliphatic carbocycles. The lowest BCUT2D eigenvalue weighted by Crippen LogP contribution is -2.28. The van der Waals surface area contributed by atoms with Crippen molar-refractivity contribution in [3.05, 3.63) is 23.2 Å². The number of hydrogen-bond donors (Lipinski definition) is 2. The molecular weight excluding hydrogens is 242 g/mol. The molecule has 0 aromatic carbocycles. The van der Waals surface area contributed by atoms with E-state index in [4.69, 9.17) is 4.42 Å². The summed E-state index contributed by atoms with van der Waals surface area (Å²) in [5, 5.41) is 10.5.